The van der Waals surface area contributed by atoms with Gasteiger partial charge in [0, 0.05) is 28.4 Å². The summed E-state index contributed by atoms with van der Waals surface area (Å²) in [6.45, 7) is 0. The molecular formula is C19H20N2O. The van der Waals surface area contributed by atoms with E-state index >= 15 is 0 Å². The molecule has 4 rings (SSSR count). The summed E-state index contributed by atoms with van der Waals surface area (Å²) in [6, 6.07) is 17.1. The number of hydrogen-bond acceptors (Lipinski definition) is 2. The molecule has 3 nitrogen and oxygen atoms in total. The molecule has 2 N–H and O–H groups in total. The van der Waals surface area contributed by atoms with Crippen LogP contribution in [-0.2, 0) is 6.42 Å². The zero-order chi connectivity index (χ0) is 14.9. The van der Waals surface area contributed by atoms with Gasteiger partial charge in [-0.15, -0.1) is 0 Å². The molecule has 3 heteroatoms. The van der Waals surface area contributed by atoms with Crippen LogP contribution in [0.1, 0.15) is 30.1 Å². The first kappa shape index (κ1) is 13.3. The van der Waals surface area contributed by atoms with Crippen molar-refractivity contribution in [1.29, 1.82) is 0 Å². The zero-order valence-corrected chi connectivity index (χ0v) is 12.7. The predicted octanol–water partition coefficient (Wildman–Crippen LogP) is 4.67. The predicted molar refractivity (Wildman–Crippen MR) is 90.6 cm³/mol. The zero-order valence-electron chi connectivity index (χ0n) is 12.7. The molecule has 3 aromatic rings. The highest BCUT2D eigenvalue weighted by atomic mass is 16.5. The highest BCUT2D eigenvalue weighted by Gasteiger charge is 2.24. The smallest absolute Gasteiger partial charge is 0.120 e. The molecule has 1 aliphatic carbocycles. The molecular weight excluding hydrogens is 272 g/mol. The fraction of sp³-hybridized carbons (Fsp3) is 0.263. The summed E-state index contributed by atoms with van der Waals surface area (Å²) in [4.78, 5) is 3.62. The van der Waals surface area contributed by atoms with E-state index in [1.165, 1.54) is 28.6 Å². The molecule has 22 heavy (non-hydrogen) atoms. The Balaban J connectivity index is 1.70. The van der Waals surface area contributed by atoms with Gasteiger partial charge in [0.2, 0.25) is 0 Å². The molecule has 2 aromatic carbocycles. The van der Waals surface area contributed by atoms with Gasteiger partial charge in [-0.25, -0.2) is 0 Å². The summed E-state index contributed by atoms with van der Waals surface area (Å²) in [7, 11) is 1.70. The molecule has 0 saturated heterocycles. The first-order chi connectivity index (χ1) is 10.8. The van der Waals surface area contributed by atoms with Crippen molar-refractivity contribution in [3.8, 4) is 5.75 Å². The quantitative estimate of drug-likeness (QED) is 0.736. The third-order valence-electron chi connectivity index (χ3n) is 4.53. The molecule has 1 heterocycles. The van der Waals surface area contributed by atoms with Gasteiger partial charge >= 0.3 is 0 Å². The molecule has 1 unspecified atom stereocenters. The summed E-state index contributed by atoms with van der Waals surface area (Å²) in [5.41, 5.74) is 5.17. The third kappa shape index (κ3) is 2.23. The monoisotopic (exact) mass is 292 g/mol. The minimum atomic E-state index is 0.336. The lowest BCUT2D eigenvalue weighted by Crippen LogP contribution is -2.17. The van der Waals surface area contributed by atoms with Crippen LogP contribution >= 0.6 is 0 Å². The van der Waals surface area contributed by atoms with Crippen molar-refractivity contribution in [1.82, 2.24) is 4.98 Å². The molecule has 1 atom stereocenters. The summed E-state index contributed by atoms with van der Waals surface area (Å²) in [6.07, 6.45) is 3.53. The third-order valence-corrected chi connectivity index (χ3v) is 4.53. The van der Waals surface area contributed by atoms with Crippen LogP contribution in [0.3, 0.4) is 0 Å². The van der Waals surface area contributed by atoms with E-state index in [2.05, 4.69) is 46.7 Å². The molecule has 0 bridgehead atoms. The molecule has 0 spiro atoms. The van der Waals surface area contributed by atoms with Crippen LogP contribution in [0.5, 0.6) is 5.75 Å². The number of methoxy groups -OCH3 is 1. The van der Waals surface area contributed by atoms with Gasteiger partial charge in [-0.3, -0.25) is 0 Å². The lowest BCUT2D eigenvalue weighted by Gasteiger charge is -2.25. The number of aryl methyl sites for hydroxylation is 1. The number of benzene rings is 2. The maximum Gasteiger partial charge on any atom is 0.120 e. The van der Waals surface area contributed by atoms with Crippen LogP contribution in [0.25, 0.3) is 10.9 Å². The Morgan fingerprint density at radius 1 is 1.14 bits per heavy atom. The largest absolute Gasteiger partial charge is 0.497 e. The van der Waals surface area contributed by atoms with Gasteiger partial charge in [0.1, 0.15) is 5.75 Å². The van der Waals surface area contributed by atoms with E-state index in [0.717, 1.165) is 24.3 Å². The number of fused-ring (bicyclic) bond motifs is 3. The van der Waals surface area contributed by atoms with Crippen molar-refractivity contribution in [2.45, 2.75) is 25.3 Å². The Kier molecular flexibility index (Phi) is 3.26. The van der Waals surface area contributed by atoms with Gasteiger partial charge in [-0.1, -0.05) is 24.3 Å². The van der Waals surface area contributed by atoms with Crippen molar-refractivity contribution in [2.75, 3.05) is 12.4 Å². The molecule has 112 valence electrons. The number of ether oxygens (including phenoxy) is 1. The summed E-state index contributed by atoms with van der Waals surface area (Å²) >= 11 is 0. The number of aromatic nitrogens is 1. The standard InChI is InChI=1S/C19H20N2O/c1-22-14-7-4-6-13(12-14)20-18-11-5-9-16-15-8-2-3-10-17(15)21-19(16)18/h2-4,6-8,10,12,18,20-21H,5,9,11H2,1H3. The Morgan fingerprint density at radius 2 is 2.05 bits per heavy atom. The minimum absolute atomic E-state index is 0.336. The maximum atomic E-state index is 5.31. The normalized spacial score (nSPS) is 17.2. The second-order valence-corrected chi connectivity index (χ2v) is 5.88. The highest BCUT2D eigenvalue weighted by Crippen LogP contribution is 2.36. The van der Waals surface area contributed by atoms with E-state index in [1.807, 2.05) is 12.1 Å². The highest BCUT2D eigenvalue weighted by molar-refractivity contribution is 5.85. The van der Waals surface area contributed by atoms with Crippen molar-refractivity contribution >= 4 is 16.6 Å². The number of anilines is 1. The molecule has 0 aliphatic heterocycles. The lowest BCUT2D eigenvalue weighted by atomic mass is 9.91. The van der Waals surface area contributed by atoms with E-state index < -0.39 is 0 Å². The van der Waals surface area contributed by atoms with E-state index in [1.54, 1.807) is 7.11 Å². The molecule has 0 saturated carbocycles. The van der Waals surface area contributed by atoms with Gasteiger partial charge in [-0.05, 0) is 43.0 Å². The van der Waals surface area contributed by atoms with E-state index in [0.29, 0.717) is 6.04 Å². The Hall–Kier alpha value is -2.42. The second kappa shape index (κ2) is 5.41. The van der Waals surface area contributed by atoms with Gasteiger partial charge in [-0.2, -0.15) is 0 Å². The number of para-hydroxylation sites is 1. The van der Waals surface area contributed by atoms with Gasteiger partial charge in [0.25, 0.3) is 0 Å². The summed E-state index contributed by atoms with van der Waals surface area (Å²) in [5.74, 6) is 0.887. The van der Waals surface area contributed by atoms with Crippen molar-refractivity contribution in [3.05, 3.63) is 59.8 Å². The maximum absolute atomic E-state index is 5.31. The number of aromatic amines is 1. The Morgan fingerprint density at radius 3 is 2.95 bits per heavy atom. The van der Waals surface area contributed by atoms with Crippen LogP contribution in [-0.4, -0.2) is 12.1 Å². The molecule has 1 aliphatic rings. The second-order valence-electron chi connectivity index (χ2n) is 5.88. The average Bonchev–Trinajstić information content (AvgIpc) is 2.95. The van der Waals surface area contributed by atoms with Crippen molar-refractivity contribution in [2.24, 2.45) is 0 Å². The molecule has 1 aromatic heterocycles. The first-order valence-corrected chi connectivity index (χ1v) is 7.85. The molecule has 0 radical (unpaired) electrons. The van der Waals surface area contributed by atoms with E-state index in [-0.39, 0.29) is 0 Å². The SMILES string of the molecule is COc1cccc(NC2CCCc3c2[nH]c2ccccc32)c1. The van der Waals surface area contributed by atoms with Crippen LogP contribution in [0.2, 0.25) is 0 Å². The topological polar surface area (TPSA) is 37.0 Å². The van der Waals surface area contributed by atoms with Gasteiger partial charge in [0.15, 0.2) is 0 Å². The molecule has 0 fully saturated rings. The van der Waals surface area contributed by atoms with Gasteiger partial charge < -0.3 is 15.0 Å². The Bertz CT molecular complexity index is 806. The number of rotatable bonds is 3. The first-order valence-electron chi connectivity index (χ1n) is 7.85. The summed E-state index contributed by atoms with van der Waals surface area (Å²) < 4.78 is 5.31. The Labute approximate surface area is 130 Å². The number of H-pyrrole nitrogens is 1. The fourth-order valence-corrected chi connectivity index (χ4v) is 3.47. The van der Waals surface area contributed by atoms with Crippen LogP contribution in [0, 0.1) is 0 Å². The van der Waals surface area contributed by atoms with Crippen LogP contribution in [0.4, 0.5) is 5.69 Å². The van der Waals surface area contributed by atoms with Crippen LogP contribution < -0.4 is 10.1 Å². The van der Waals surface area contributed by atoms with E-state index in [9.17, 15) is 0 Å². The number of nitrogens with one attached hydrogen (secondary N) is 2. The average molecular weight is 292 g/mol. The number of hydrogen-bond donors (Lipinski definition) is 2. The minimum Gasteiger partial charge on any atom is -0.497 e. The van der Waals surface area contributed by atoms with Crippen LogP contribution in [0.15, 0.2) is 48.5 Å². The van der Waals surface area contributed by atoms with Gasteiger partial charge in [0.05, 0.1) is 13.2 Å². The van der Waals surface area contributed by atoms with Crippen molar-refractivity contribution in [3.63, 3.8) is 0 Å². The van der Waals surface area contributed by atoms with Crippen molar-refractivity contribution < 1.29 is 4.74 Å². The lowest BCUT2D eigenvalue weighted by molar-refractivity contribution is 0.415. The summed E-state index contributed by atoms with van der Waals surface area (Å²) in [5, 5.41) is 5.03. The van der Waals surface area contributed by atoms with E-state index in [4.69, 9.17) is 4.74 Å². The molecule has 0 amide bonds. The fourth-order valence-electron chi connectivity index (χ4n) is 3.47.